The maximum absolute atomic E-state index is 10.5. The fraction of sp³-hybridized carbons (Fsp3) is 0. The lowest BCUT2D eigenvalue weighted by Gasteiger charge is -1.92. The maximum atomic E-state index is 10.5. The molecule has 3 nitrogen and oxygen atoms in total. The van der Waals surface area contributed by atoms with E-state index >= 15 is 0 Å². The zero-order valence-corrected chi connectivity index (χ0v) is 7.44. The summed E-state index contributed by atoms with van der Waals surface area (Å²) in [7, 11) is 0. The number of carbonyl (C=O) groups excluding carboxylic acids is 1. The van der Waals surface area contributed by atoms with Crippen LogP contribution in [-0.2, 0) is 4.79 Å². The summed E-state index contributed by atoms with van der Waals surface area (Å²) in [5.41, 5.74) is 6.75. The minimum absolute atomic E-state index is 0.447. The van der Waals surface area contributed by atoms with Crippen molar-refractivity contribution in [1.82, 2.24) is 0 Å². The van der Waals surface area contributed by atoms with Crippen LogP contribution in [-0.4, -0.2) is 5.91 Å². The quantitative estimate of drug-likeness (QED) is 0.730. The first-order chi connectivity index (χ1) is 6.75. The number of primary amides is 1. The van der Waals surface area contributed by atoms with Crippen molar-refractivity contribution in [2.24, 2.45) is 5.73 Å². The number of hydrogen-bond donors (Lipinski definition) is 1. The Bertz CT molecular complexity index is 497. The third-order valence-electron chi connectivity index (χ3n) is 1.92. The Labute approximate surface area is 80.8 Å². The second-order valence-electron chi connectivity index (χ2n) is 2.95. The zero-order valence-electron chi connectivity index (χ0n) is 7.44. The lowest BCUT2D eigenvalue weighted by molar-refractivity contribution is -0.113. The lowest BCUT2D eigenvalue weighted by Crippen LogP contribution is -2.04. The molecule has 0 aliphatic carbocycles. The number of hydrogen-bond acceptors (Lipinski definition) is 2. The van der Waals surface area contributed by atoms with Crippen molar-refractivity contribution in [1.29, 1.82) is 0 Å². The van der Waals surface area contributed by atoms with Gasteiger partial charge in [-0.1, -0.05) is 6.07 Å². The number of furan rings is 1. The Morgan fingerprint density at radius 1 is 1.36 bits per heavy atom. The highest BCUT2D eigenvalue weighted by Gasteiger charge is 1.96. The van der Waals surface area contributed by atoms with Crippen LogP contribution in [0.15, 0.2) is 41.0 Å². The van der Waals surface area contributed by atoms with E-state index < -0.39 is 5.91 Å². The van der Waals surface area contributed by atoms with Crippen molar-refractivity contribution in [2.45, 2.75) is 0 Å². The Morgan fingerprint density at radius 2 is 2.21 bits per heavy atom. The number of fused-ring (bicyclic) bond motifs is 1. The lowest BCUT2D eigenvalue weighted by atomic mass is 10.1. The molecule has 2 rings (SSSR count). The van der Waals surface area contributed by atoms with Gasteiger partial charge < -0.3 is 10.2 Å². The monoisotopic (exact) mass is 187 g/mol. The average molecular weight is 187 g/mol. The summed E-state index contributed by atoms with van der Waals surface area (Å²) >= 11 is 0. The summed E-state index contributed by atoms with van der Waals surface area (Å²) in [6.07, 6.45) is 4.64. The number of nitrogens with two attached hydrogens (primary N) is 1. The van der Waals surface area contributed by atoms with Crippen molar-refractivity contribution in [3.8, 4) is 0 Å². The largest absolute Gasteiger partial charge is 0.464 e. The van der Waals surface area contributed by atoms with Crippen molar-refractivity contribution in [2.75, 3.05) is 0 Å². The molecule has 2 N–H and O–H groups in total. The molecular weight excluding hydrogens is 178 g/mol. The molecule has 3 heteroatoms. The van der Waals surface area contributed by atoms with Gasteiger partial charge in [0.1, 0.15) is 5.58 Å². The molecule has 0 saturated carbocycles. The first-order valence-corrected chi connectivity index (χ1v) is 4.20. The standard InChI is InChI=1S/C11H9NO2/c12-11(13)4-2-8-1-3-10-9(7-8)5-6-14-10/h1-7H,(H2,12,13)/b4-2+. The van der Waals surface area contributed by atoms with E-state index in [2.05, 4.69) is 0 Å². The van der Waals surface area contributed by atoms with Gasteiger partial charge in [-0.2, -0.15) is 0 Å². The molecule has 0 aliphatic heterocycles. The fourth-order valence-electron chi connectivity index (χ4n) is 1.27. The van der Waals surface area contributed by atoms with Crippen molar-refractivity contribution in [3.05, 3.63) is 42.2 Å². The van der Waals surface area contributed by atoms with Gasteiger partial charge >= 0.3 is 0 Å². The summed E-state index contributed by atoms with van der Waals surface area (Å²) in [6.45, 7) is 0. The molecule has 1 amide bonds. The van der Waals surface area contributed by atoms with Gasteiger partial charge in [-0.05, 0) is 29.8 Å². The molecule has 1 heterocycles. The average Bonchev–Trinajstić information content (AvgIpc) is 2.61. The highest BCUT2D eigenvalue weighted by atomic mass is 16.3. The van der Waals surface area contributed by atoms with Crippen LogP contribution in [0.3, 0.4) is 0 Å². The molecule has 0 atom stereocenters. The minimum atomic E-state index is -0.447. The van der Waals surface area contributed by atoms with Gasteiger partial charge in [0.05, 0.1) is 6.26 Å². The summed E-state index contributed by atoms with van der Waals surface area (Å²) < 4.78 is 5.18. The molecule has 0 radical (unpaired) electrons. The van der Waals surface area contributed by atoms with Crippen molar-refractivity contribution >= 4 is 23.0 Å². The van der Waals surface area contributed by atoms with E-state index in [1.54, 1.807) is 12.3 Å². The number of amides is 1. The van der Waals surface area contributed by atoms with E-state index in [0.717, 1.165) is 16.5 Å². The maximum Gasteiger partial charge on any atom is 0.241 e. The van der Waals surface area contributed by atoms with Crippen LogP contribution in [0.5, 0.6) is 0 Å². The van der Waals surface area contributed by atoms with Crippen LogP contribution in [0.25, 0.3) is 17.0 Å². The molecule has 70 valence electrons. The molecule has 0 unspecified atom stereocenters. The van der Waals surface area contributed by atoms with Crippen LogP contribution in [0.2, 0.25) is 0 Å². The molecule has 0 bridgehead atoms. The Kier molecular flexibility index (Phi) is 2.07. The van der Waals surface area contributed by atoms with Gasteiger partial charge in [0.15, 0.2) is 0 Å². The zero-order chi connectivity index (χ0) is 9.97. The van der Waals surface area contributed by atoms with Crippen LogP contribution < -0.4 is 5.73 Å². The highest BCUT2D eigenvalue weighted by Crippen LogP contribution is 2.17. The van der Waals surface area contributed by atoms with Gasteiger partial charge in [0, 0.05) is 11.5 Å². The molecule has 1 aromatic carbocycles. The molecule has 0 spiro atoms. The summed E-state index contributed by atoms with van der Waals surface area (Å²) in [6, 6.07) is 7.52. The van der Waals surface area contributed by atoms with Crippen LogP contribution in [0, 0.1) is 0 Å². The van der Waals surface area contributed by atoms with E-state index in [9.17, 15) is 4.79 Å². The van der Waals surface area contributed by atoms with Crippen LogP contribution in [0.1, 0.15) is 5.56 Å². The predicted octanol–water partition coefficient (Wildman–Crippen LogP) is 1.93. The first kappa shape index (κ1) is 8.56. The second-order valence-corrected chi connectivity index (χ2v) is 2.95. The highest BCUT2D eigenvalue weighted by molar-refractivity contribution is 5.91. The van der Waals surface area contributed by atoms with Crippen LogP contribution >= 0.6 is 0 Å². The van der Waals surface area contributed by atoms with Gasteiger partial charge in [-0.3, -0.25) is 4.79 Å². The SMILES string of the molecule is NC(=O)/C=C/c1ccc2occc2c1. The Morgan fingerprint density at radius 3 is 3.00 bits per heavy atom. The first-order valence-electron chi connectivity index (χ1n) is 4.20. The van der Waals surface area contributed by atoms with E-state index in [1.165, 1.54) is 6.08 Å². The number of rotatable bonds is 2. The fourth-order valence-corrected chi connectivity index (χ4v) is 1.27. The summed E-state index contributed by atoms with van der Waals surface area (Å²) in [5.74, 6) is -0.447. The second kappa shape index (κ2) is 3.38. The van der Waals surface area contributed by atoms with E-state index in [1.807, 2.05) is 24.3 Å². The summed E-state index contributed by atoms with van der Waals surface area (Å²) in [4.78, 5) is 10.5. The van der Waals surface area contributed by atoms with Gasteiger partial charge in [-0.15, -0.1) is 0 Å². The third-order valence-corrected chi connectivity index (χ3v) is 1.92. The molecule has 14 heavy (non-hydrogen) atoms. The molecule has 2 aromatic rings. The smallest absolute Gasteiger partial charge is 0.241 e. The van der Waals surface area contributed by atoms with E-state index in [0.29, 0.717) is 0 Å². The van der Waals surface area contributed by atoms with Gasteiger partial charge in [0.2, 0.25) is 5.91 Å². The van der Waals surface area contributed by atoms with E-state index in [4.69, 9.17) is 10.2 Å². The van der Waals surface area contributed by atoms with E-state index in [-0.39, 0.29) is 0 Å². The van der Waals surface area contributed by atoms with Crippen molar-refractivity contribution in [3.63, 3.8) is 0 Å². The molecular formula is C11H9NO2. The third kappa shape index (κ3) is 1.66. The minimum Gasteiger partial charge on any atom is -0.464 e. The Hall–Kier alpha value is -2.03. The topological polar surface area (TPSA) is 56.2 Å². The molecule has 1 aromatic heterocycles. The van der Waals surface area contributed by atoms with Crippen molar-refractivity contribution < 1.29 is 9.21 Å². The number of carbonyl (C=O) groups is 1. The van der Waals surface area contributed by atoms with Crippen LogP contribution in [0.4, 0.5) is 0 Å². The predicted molar refractivity (Wildman–Crippen MR) is 54.4 cm³/mol. The normalized spacial score (nSPS) is 11.1. The number of benzene rings is 1. The summed E-state index contributed by atoms with van der Waals surface area (Å²) in [5, 5.41) is 1.01. The molecule has 0 fully saturated rings. The van der Waals surface area contributed by atoms with Gasteiger partial charge in [0.25, 0.3) is 0 Å². The molecule has 0 saturated heterocycles. The van der Waals surface area contributed by atoms with Gasteiger partial charge in [-0.25, -0.2) is 0 Å². The molecule has 0 aliphatic rings. The Balaban J connectivity index is 2.39.